The average molecular weight is 382 g/mol. The molecule has 0 radical (unpaired) electrons. The van der Waals surface area contributed by atoms with Gasteiger partial charge < -0.3 is 4.90 Å². The number of rotatable bonds is 11. The molecule has 1 aromatic heterocycles. The lowest BCUT2D eigenvalue weighted by Crippen LogP contribution is -2.27. The summed E-state index contributed by atoms with van der Waals surface area (Å²) in [6, 6.07) is 0.719. The van der Waals surface area contributed by atoms with Gasteiger partial charge in [-0.1, -0.05) is 60.7 Å². The van der Waals surface area contributed by atoms with Gasteiger partial charge >= 0.3 is 0 Å². The monoisotopic (exact) mass is 381 g/mol. The molecule has 0 saturated carbocycles. The van der Waals surface area contributed by atoms with Crippen LogP contribution < -0.4 is 0 Å². The zero-order valence-corrected chi connectivity index (χ0v) is 17.7. The van der Waals surface area contributed by atoms with Gasteiger partial charge in [-0.2, -0.15) is 5.21 Å². The first-order chi connectivity index (χ1) is 13.5. The van der Waals surface area contributed by atoms with Crippen LogP contribution >= 0.6 is 0 Å². The molecule has 1 fully saturated rings. The lowest BCUT2D eigenvalue weighted by molar-refractivity contribution is 0.273. The number of hydrogen-bond donors (Lipinski definition) is 1. The highest BCUT2D eigenvalue weighted by molar-refractivity contribution is 5.40. The average Bonchev–Trinajstić information content (AvgIpc) is 3.35. The van der Waals surface area contributed by atoms with E-state index in [1.54, 1.807) is 0 Å². The summed E-state index contributed by atoms with van der Waals surface area (Å²) in [5.74, 6) is 0.759. The molecule has 1 unspecified atom stereocenters. The van der Waals surface area contributed by atoms with Gasteiger partial charge in [0.05, 0.1) is 0 Å². The molecule has 152 valence electrons. The molecule has 1 aromatic rings. The summed E-state index contributed by atoms with van der Waals surface area (Å²) in [4.78, 5) is 2.56. The van der Waals surface area contributed by atoms with Crippen LogP contribution in [0.25, 0.3) is 0 Å². The van der Waals surface area contributed by atoms with E-state index in [-0.39, 0.29) is 0 Å². The molecule has 0 amide bonds. The van der Waals surface area contributed by atoms with Gasteiger partial charge in [0.15, 0.2) is 5.82 Å². The van der Waals surface area contributed by atoms with Crippen LogP contribution in [0, 0.1) is 0 Å². The van der Waals surface area contributed by atoms with Crippen LogP contribution in [0.4, 0.5) is 0 Å². The minimum atomic E-state index is 0.719. The van der Waals surface area contributed by atoms with Crippen LogP contribution in [0.3, 0.4) is 0 Å². The van der Waals surface area contributed by atoms with Gasteiger partial charge in [0, 0.05) is 19.0 Å². The van der Waals surface area contributed by atoms with Gasteiger partial charge in [-0.25, -0.2) is 0 Å². The highest BCUT2D eigenvalue weighted by Crippen LogP contribution is 2.18. The molecule has 2 rings (SSSR count). The third-order valence-electron chi connectivity index (χ3n) is 5.52. The molecule has 2 heterocycles. The van der Waals surface area contributed by atoms with Gasteiger partial charge in [-0.15, -0.1) is 10.2 Å². The minimum Gasteiger partial charge on any atom is -0.300 e. The molecule has 0 spiro atoms. The van der Waals surface area contributed by atoms with Crippen LogP contribution in [0.1, 0.15) is 58.7 Å². The van der Waals surface area contributed by atoms with Crippen LogP contribution in [0.5, 0.6) is 0 Å². The molecule has 1 N–H and O–H groups in total. The second-order valence-corrected chi connectivity index (χ2v) is 7.65. The largest absolute Gasteiger partial charge is 0.300 e. The van der Waals surface area contributed by atoms with E-state index in [0.717, 1.165) is 55.2 Å². The zero-order valence-electron chi connectivity index (χ0n) is 17.7. The number of aromatic amines is 1. The summed E-state index contributed by atoms with van der Waals surface area (Å²) in [5, 5.41) is 14.1. The number of H-pyrrole nitrogens is 1. The Hall–Kier alpha value is -2.27. The lowest BCUT2D eigenvalue weighted by atomic mass is 10.0. The number of nitrogens with zero attached hydrogens (tertiary/aromatic N) is 4. The second kappa shape index (κ2) is 11.5. The van der Waals surface area contributed by atoms with Gasteiger partial charge in [-0.3, -0.25) is 0 Å². The van der Waals surface area contributed by atoms with Crippen LogP contribution in [-0.4, -0.2) is 44.7 Å². The van der Waals surface area contributed by atoms with E-state index < -0.39 is 0 Å². The maximum Gasteiger partial charge on any atom is 0.174 e. The predicted octanol–water partition coefficient (Wildman–Crippen LogP) is 4.96. The highest BCUT2D eigenvalue weighted by atomic mass is 15.5. The van der Waals surface area contributed by atoms with Gasteiger partial charge in [-0.05, 0) is 63.6 Å². The molecule has 1 aliphatic heterocycles. The topological polar surface area (TPSA) is 57.7 Å². The Morgan fingerprint density at radius 1 is 1.25 bits per heavy atom. The van der Waals surface area contributed by atoms with Crippen molar-refractivity contribution in [1.29, 1.82) is 0 Å². The molecule has 0 aliphatic carbocycles. The van der Waals surface area contributed by atoms with E-state index in [2.05, 4.69) is 83.8 Å². The Labute approximate surface area is 170 Å². The maximum absolute atomic E-state index is 4.20. The first-order valence-electron chi connectivity index (χ1n) is 10.4. The number of tetrazole rings is 1. The van der Waals surface area contributed by atoms with Crippen molar-refractivity contribution in [2.75, 3.05) is 13.1 Å². The second-order valence-electron chi connectivity index (χ2n) is 7.65. The number of likely N-dealkylation sites (tertiary alicyclic amines) is 1. The van der Waals surface area contributed by atoms with Crippen molar-refractivity contribution in [3.63, 3.8) is 0 Å². The van der Waals surface area contributed by atoms with Crippen molar-refractivity contribution in [1.82, 2.24) is 25.5 Å². The summed E-state index contributed by atoms with van der Waals surface area (Å²) in [7, 11) is 0. The van der Waals surface area contributed by atoms with E-state index in [1.165, 1.54) is 30.5 Å². The molecule has 5 heteroatoms. The Bertz CT molecular complexity index is 724. The molecular formula is C23H35N5. The number of nitrogens with one attached hydrogen (secondary N) is 1. The van der Waals surface area contributed by atoms with Gasteiger partial charge in [0.2, 0.25) is 0 Å². The van der Waals surface area contributed by atoms with Crippen LogP contribution in [-0.2, 0) is 6.42 Å². The van der Waals surface area contributed by atoms with Gasteiger partial charge in [0.25, 0.3) is 0 Å². The Morgan fingerprint density at radius 2 is 2.07 bits per heavy atom. The minimum absolute atomic E-state index is 0.719. The Balaban J connectivity index is 1.80. The molecule has 0 aromatic carbocycles. The normalized spacial score (nSPS) is 18.9. The van der Waals surface area contributed by atoms with Crippen molar-refractivity contribution >= 4 is 0 Å². The van der Waals surface area contributed by atoms with Crippen molar-refractivity contribution in [2.45, 2.75) is 65.3 Å². The molecule has 5 nitrogen and oxygen atoms in total. The fourth-order valence-electron chi connectivity index (χ4n) is 3.33. The number of aromatic nitrogens is 4. The first-order valence-corrected chi connectivity index (χ1v) is 10.4. The Kier molecular flexibility index (Phi) is 9.08. The molecule has 28 heavy (non-hydrogen) atoms. The highest BCUT2D eigenvalue weighted by Gasteiger charge is 2.19. The first kappa shape index (κ1) is 22.0. The fourth-order valence-corrected chi connectivity index (χ4v) is 3.33. The fraction of sp³-hybridized carbons (Fsp3) is 0.522. The SMILES string of the molecule is C=C(/C=C\C(=C)C(C)=C/C=C(\CC)CCc1nn[nH]n1)CCN1CCCC1C. The van der Waals surface area contributed by atoms with Gasteiger partial charge in [0.1, 0.15) is 0 Å². The molecule has 0 bridgehead atoms. The van der Waals surface area contributed by atoms with E-state index in [0.29, 0.717) is 0 Å². The van der Waals surface area contributed by atoms with Crippen molar-refractivity contribution in [3.8, 4) is 0 Å². The van der Waals surface area contributed by atoms with E-state index in [1.807, 2.05) is 0 Å². The summed E-state index contributed by atoms with van der Waals surface area (Å²) < 4.78 is 0. The molecule has 1 saturated heterocycles. The summed E-state index contributed by atoms with van der Waals surface area (Å²) in [6.07, 6.45) is 15.0. The third kappa shape index (κ3) is 7.39. The van der Waals surface area contributed by atoms with Crippen LogP contribution in [0.2, 0.25) is 0 Å². The summed E-state index contributed by atoms with van der Waals surface area (Å²) >= 11 is 0. The van der Waals surface area contributed by atoms with Crippen molar-refractivity contribution in [3.05, 3.63) is 65.6 Å². The molecule has 1 aliphatic rings. The molecule has 1 atom stereocenters. The van der Waals surface area contributed by atoms with Crippen molar-refractivity contribution < 1.29 is 0 Å². The van der Waals surface area contributed by atoms with Crippen molar-refractivity contribution in [2.24, 2.45) is 0 Å². The van der Waals surface area contributed by atoms with E-state index in [9.17, 15) is 0 Å². The zero-order chi connectivity index (χ0) is 20.4. The quantitative estimate of drug-likeness (QED) is 0.551. The van der Waals surface area contributed by atoms with E-state index in [4.69, 9.17) is 0 Å². The lowest BCUT2D eigenvalue weighted by Gasteiger charge is -2.20. The predicted molar refractivity (Wildman–Crippen MR) is 117 cm³/mol. The smallest absolute Gasteiger partial charge is 0.174 e. The third-order valence-corrected chi connectivity index (χ3v) is 5.52. The summed E-state index contributed by atoms with van der Waals surface area (Å²) in [5.41, 5.74) is 4.73. The Morgan fingerprint density at radius 3 is 2.71 bits per heavy atom. The number of allylic oxidation sites excluding steroid dienone is 7. The number of hydrogen-bond acceptors (Lipinski definition) is 4. The van der Waals surface area contributed by atoms with E-state index >= 15 is 0 Å². The number of aryl methyl sites for hydroxylation is 1. The standard InChI is InChI=1S/C23H35N5/c1-6-22(13-14-23-24-26-27-25-23)12-11-20(4)19(3)10-9-18(2)15-17-28-16-7-8-21(28)5/h9-12,21H,2-3,6-8,13-17H2,1,4-5H3,(H,24,25,26,27)/b10-9-,20-11?,22-12+. The maximum atomic E-state index is 4.20. The molecular weight excluding hydrogens is 346 g/mol. The van der Waals surface area contributed by atoms with Crippen LogP contribution in [0.15, 0.2) is 59.8 Å². The summed E-state index contributed by atoms with van der Waals surface area (Å²) in [6.45, 7) is 17.3.